The number of aromatic nitrogens is 1. The smallest absolute Gasteiger partial charge is 0.286 e. The maximum absolute atomic E-state index is 12.3. The molecule has 3 aromatic rings. The summed E-state index contributed by atoms with van der Waals surface area (Å²) in [6.07, 6.45) is 3.24. The van der Waals surface area contributed by atoms with Crippen molar-refractivity contribution in [3.05, 3.63) is 82.2 Å². The summed E-state index contributed by atoms with van der Waals surface area (Å²) < 4.78 is 17.6. The van der Waals surface area contributed by atoms with E-state index in [1.54, 1.807) is 44.7 Å². The maximum Gasteiger partial charge on any atom is 0.286 e. The molecule has 0 atom stereocenters. The number of benzene rings is 1. The Morgan fingerprint density at radius 1 is 1.07 bits per heavy atom. The van der Waals surface area contributed by atoms with Crippen LogP contribution in [0.3, 0.4) is 0 Å². The summed E-state index contributed by atoms with van der Waals surface area (Å²) in [6.45, 7) is 0.799. The second-order valence-electron chi connectivity index (χ2n) is 6.48. The molecule has 0 saturated carbocycles. The Morgan fingerprint density at radius 3 is 2.66 bits per heavy atom. The van der Waals surface area contributed by atoms with Gasteiger partial charge in [0, 0.05) is 18.8 Å². The molecule has 2 aromatic heterocycles. The van der Waals surface area contributed by atoms with Crippen molar-refractivity contribution in [2.75, 3.05) is 20.8 Å². The molecule has 152 valence electrons. The molecule has 29 heavy (non-hydrogen) atoms. The van der Waals surface area contributed by atoms with Gasteiger partial charge in [-0.15, -0.1) is 0 Å². The van der Waals surface area contributed by atoms with Crippen LogP contribution in [0.4, 0.5) is 0 Å². The van der Waals surface area contributed by atoms with Crippen molar-refractivity contribution in [3.63, 3.8) is 0 Å². The molecule has 0 unspecified atom stereocenters. The van der Waals surface area contributed by atoms with Crippen LogP contribution in [-0.2, 0) is 13.0 Å². The van der Waals surface area contributed by atoms with Gasteiger partial charge in [-0.2, -0.15) is 0 Å². The third-order valence-corrected chi connectivity index (χ3v) is 4.49. The minimum atomic E-state index is -0.274. The number of rotatable bonds is 9. The van der Waals surface area contributed by atoms with Crippen LogP contribution in [0.5, 0.6) is 11.5 Å². The van der Waals surface area contributed by atoms with Gasteiger partial charge in [0.15, 0.2) is 17.3 Å². The number of methoxy groups -OCH3 is 2. The van der Waals surface area contributed by atoms with Crippen molar-refractivity contribution in [1.82, 2.24) is 9.88 Å². The molecule has 0 bridgehead atoms. The number of aryl methyl sites for hydroxylation is 1. The molecule has 7 heteroatoms. The third-order valence-electron chi connectivity index (χ3n) is 4.49. The van der Waals surface area contributed by atoms with Gasteiger partial charge >= 0.3 is 0 Å². The number of carbonyl (C=O) groups is 1. The summed E-state index contributed by atoms with van der Waals surface area (Å²) in [5, 5.41) is 2.85. The molecule has 1 N–H and O–H groups in total. The van der Waals surface area contributed by atoms with Crippen LogP contribution >= 0.6 is 0 Å². The lowest BCUT2D eigenvalue weighted by Crippen LogP contribution is -2.24. The number of nitrogens with one attached hydrogen (secondary N) is 1. The third kappa shape index (κ3) is 5.28. The highest BCUT2D eigenvalue weighted by molar-refractivity contribution is 5.91. The molecule has 0 aliphatic carbocycles. The zero-order valence-corrected chi connectivity index (χ0v) is 16.5. The zero-order valence-electron chi connectivity index (χ0n) is 16.5. The van der Waals surface area contributed by atoms with E-state index in [-0.39, 0.29) is 23.8 Å². The predicted molar refractivity (Wildman–Crippen MR) is 109 cm³/mol. The Labute approximate surface area is 168 Å². The van der Waals surface area contributed by atoms with Gasteiger partial charge in [0.25, 0.3) is 11.5 Å². The average Bonchev–Trinajstić information content (AvgIpc) is 3.21. The largest absolute Gasteiger partial charge is 0.493 e. The van der Waals surface area contributed by atoms with Gasteiger partial charge in [-0.05, 0) is 48.7 Å². The quantitative estimate of drug-likeness (QED) is 0.563. The fourth-order valence-electron chi connectivity index (χ4n) is 2.96. The number of pyridine rings is 1. The molecule has 0 fully saturated rings. The Hall–Kier alpha value is -3.48. The Balaban J connectivity index is 1.48. The number of carbonyl (C=O) groups excluding carboxylic acids is 1. The van der Waals surface area contributed by atoms with E-state index in [2.05, 4.69) is 5.32 Å². The number of furan rings is 1. The first-order chi connectivity index (χ1) is 14.1. The lowest BCUT2D eigenvalue weighted by Gasteiger charge is -2.09. The molecular weight excluding hydrogens is 372 g/mol. The number of ether oxygens (including phenoxy) is 2. The van der Waals surface area contributed by atoms with Crippen LogP contribution in [0, 0.1) is 0 Å². The van der Waals surface area contributed by atoms with Gasteiger partial charge in [0.05, 0.1) is 20.8 Å². The second-order valence-corrected chi connectivity index (χ2v) is 6.48. The first kappa shape index (κ1) is 20.3. The summed E-state index contributed by atoms with van der Waals surface area (Å²) in [5.74, 6) is 1.89. The van der Waals surface area contributed by atoms with Crippen LogP contribution in [0.25, 0.3) is 0 Å². The van der Waals surface area contributed by atoms with E-state index in [9.17, 15) is 9.59 Å². The van der Waals surface area contributed by atoms with Crippen LogP contribution in [0.1, 0.15) is 28.3 Å². The van der Waals surface area contributed by atoms with Gasteiger partial charge in [0.2, 0.25) is 0 Å². The van der Waals surface area contributed by atoms with Gasteiger partial charge < -0.3 is 23.8 Å². The van der Waals surface area contributed by atoms with E-state index in [0.29, 0.717) is 23.8 Å². The standard InChI is InChI=1S/C22H24N2O5/c1-27-18-10-8-16(14-20(18)28-2)6-5-12-23-22(26)19-11-9-17(29-19)15-24-13-4-3-7-21(24)25/h3-4,7-11,13-14H,5-6,12,15H2,1-2H3,(H,23,26). The second kappa shape index (κ2) is 9.64. The zero-order chi connectivity index (χ0) is 20.6. The Kier molecular flexibility index (Phi) is 6.73. The molecule has 7 nitrogen and oxygen atoms in total. The highest BCUT2D eigenvalue weighted by atomic mass is 16.5. The van der Waals surface area contributed by atoms with E-state index < -0.39 is 0 Å². The van der Waals surface area contributed by atoms with Crippen molar-refractivity contribution in [1.29, 1.82) is 0 Å². The minimum absolute atomic E-state index is 0.120. The molecule has 1 amide bonds. The number of nitrogens with zero attached hydrogens (tertiary/aromatic N) is 1. The van der Waals surface area contributed by atoms with E-state index in [1.165, 1.54) is 10.6 Å². The monoisotopic (exact) mass is 396 g/mol. The lowest BCUT2D eigenvalue weighted by atomic mass is 10.1. The molecule has 3 rings (SSSR count). The van der Waals surface area contributed by atoms with Gasteiger partial charge in [-0.3, -0.25) is 9.59 Å². The summed E-state index contributed by atoms with van der Waals surface area (Å²) in [6, 6.07) is 14.0. The van der Waals surface area contributed by atoms with E-state index in [0.717, 1.165) is 18.4 Å². The Morgan fingerprint density at radius 2 is 1.90 bits per heavy atom. The fraction of sp³-hybridized carbons (Fsp3) is 0.273. The van der Waals surface area contributed by atoms with E-state index in [4.69, 9.17) is 13.9 Å². The van der Waals surface area contributed by atoms with Crippen LogP contribution < -0.4 is 20.3 Å². The predicted octanol–water partition coefficient (Wildman–Crippen LogP) is 2.87. The summed E-state index contributed by atoms with van der Waals surface area (Å²) >= 11 is 0. The van der Waals surface area contributed by atoms with Gasteiger partial charge in [0.1, 0.15) is 5.76 Å². The van der Waals surface area contributed by atoms with Crippen molar-refractivity contribution in [2.24, 2.45) is 0 Å². The number of hydrogen-bond donors (Lipinski definition) is 1. The molecular formula is C22H24N2O5. The molecule has 0 radical (unpaired) electrons. The molecule has 2 heterocycles. The van der Waals surface area contributed by atoms with Crippen LogP contribution in [-0.4, -0.2) is 31.2 Å². The van der Waals surface area contributed by atoms with Gasteiger partial charge in [-0.25, -0.2) is 0 Å². The fourth-order valence-corrected chi connectivity index (χ4v) is 2.96. The molecule has 0 aliphatic heterocycles. The Bertz CT molecular complexity index is 1020. The van der Waals surface area contributed by atoms with Gasteiger partial charge in [-0.1, -0.05) is 12.1 Å². The van der Waals surface area contributed by atoms with Crippen molar-refractivity contribution in [3.8, 4) is 11.5 Å². The maximum atomic E-state index is 12.3. The molecule has 0 aliphatic rings. The normalized spacial score (nSPS) is 10.6. The van der Waals surface area contributed by atoms with Crippen molar-refractivity contribution < 1.29 is 18.7 Å². The first-order valence-corrected chi connectivity index (χ1v) is 9.34. The van der Waals surface area contributed by atoms with Crippen molar-refractivity contribution >= 4 is 5.91 Å². The number of hydrogen-bond acceptors (Lipinski definition) is 5. The topological polar surface area (TPSA) is 82.7 Å². The highest BCUT2D eigenvalue weighted by Crippen LogP contribution is 2.27. The minimum Gasteiger partial charge on any atom is -0.493 e. The van der Waals surface area contributed by atoms with E-state index in [1.807, 2.05) is 18.2 Å². The van der Waals surface area contributed by atoms with Crippen LogP contribution in [0.15, 0.2) is 63.9 Å². The lowest BCUT2D eigenvalue weighted by molar-refractivity contribution is 0.0923. The average molecular weight is 396 g/mol. The first-order valence-electron chi connectivity index (χ1n) is 9.34. The molecule has 1 aromatic carbocycles. The van der Waals surface area contributed by atoms with E-state index >= 15 is 0 Å². The molecule has 0 spiro atoms. The summed E-state index contributed by atoms with van der Waals surface area (Å²) in [4.78, 5) is 24.0. The van der Waals surface area contributed by atoms with Crippen molar-refractivity contribution in [2.45, 2.75) is 19.4 Å². The highest BCUT2D eigenvalue weighted by Gasteiger charge is 2.11. The SMILES string of the molecule is COc1ccc(CCCNC(=O)c2ccc(Cn3ccccc3=O)o2)cc1OC. The molecule has 0 saturated heterocycles. The van der Waals surface area contributed by atoms with Crippen LogP contribution in [0.2, 0.25) is 0 Å². The number of amides is 1. The summed E-state index contributed by atoms with van der Waals surface area (Å²) in [7, 11) is 3.21. The summed E-state index contributed by atoms with van der Waals surface area (Å²) in [5.41, 5.74) is 0.982.